The number of thiophene rings is 2. The summed E-state index contributed by atoms with van der Waals surface area (Å²) < 4.78 is 21.4. The molecule has 6 aromatic heterocycles. The molecule has 0 bridgehead atoms. The predicted octanol–water partition coefficient (Wildman–Crippen LogP) is 25.4. The van der Waals surface area contributed by atoms with E-state index in [4.69, 9.17) is 13.3 Å². The van der Waals surface area contributed by atoms with Crippen molar-refractivity contribution >= 4 is 108 Å². The van der Waals surface area contributed by atoms with Crippen LogP contribution in [-0.4, -0.2) is 187 Å². The second-order valence-corrected chi connectivity index (χ2v) is 39.2. The van der Waals surface area contributed by atoms with Crippen molar-refractivity contribution < 1.29 is 119 Å². The van der Waals surface area contributed by atoms with E-state index >= 15 is 0 Å². The van der Waals surface area contributed by atoms with Crippen molar-refractivity contribution in [1.29, 1.82) is 0 Å². The summed E-state index contributed by atoms with van der Waals surface area (Å²) in [5.41, 5.74) is 17.6. The van der Waals surface area contributed by atoms with E-state index in [1.165, 1.54) is 143 Å². The Balaban J connectivity index is 0.000000160. The predicted molar refractivity (Wildman–Crippen MR) is 576 cm³/mol. The van der Waals surface area contributed by atoms with E-state index in [1.807, 2.05) is 78.9 Å². The normalized spacial score (nSPS) is 13.4. The third-order valence-electron chi connectivity index (χ3n) is 26.5. The summed E-state index contributed by atoms with van der Waals surface area (Å²) in [6, 6.07) is 117. The molecule has 746 valence electrons. The Labute approximate surface area is 934 Å². The van der Waals surface area contributed by atoms with Crippen molar-refractivity contribution in [3.05, 3.63) is 413 Å². The first-order valence-electron chi connectivity index (χ1n) is 49.5. The maximum absolute atomic E-state index is 5.56. The van der Waals surface area contributed by atoms with Crippen LogP contribution in [0.5, 0.6) is 0 Å². The topological polar surface area (TPSA) is 76.7 Å². The SMILES string of the molecule is CN(CCCN(C)Cc1[c-]n(-c2ccccc2)c2ccccc12)Cc1[c-]oc2ccccc12.CN(CCCN(C)Cc1[c-]oc2ccccc12)Cc1[c-]oc2ccccc12.CN(CCCN(C)Cc1[c-]sc2ccccc12)Cc1[c-]sc2ccccc12.[Pt+4].[Pt+4].[Pt+4].[Pt+4].[Pt+4].[c-]1ccc2ccccc2c1CN1CCCN(Cc2[c-]ccc3ccccc23)CCC1.[c-]1ccccc1CN1CCCN(Cc2[c-]cccc2)CCC1. The number of aromatic nitrogens is 1. The molecular weight excluding hydrogens is 2720 g/mol. The van der Waals surface area contributed by atoms with E-state index in [2.05, 4.69) is 374 Å². The molecule has 2 aliphatic rings. The van der Waals surface area contributed by atoms with Crippen LogP contribution in [0, 0.1) is 60.0 Å². The van der Waals surface area contributed by atoms with Crippen molar-refractivity contribution in [3.63, 3.8) is 0 Å². The minimum Gasteiger partial charge on any atom is -0.591 e. The van der Waals surface area contributed by atoms with Gasteiger partial charge in [-0.1, -0.05) is 176 Å². The van der Waals surface area contributed by atoms with Crippen LogP contribution >= 0.6 is 22.7 Å². The number of fused-ring (bicyclic) bond motifs is 8. The quantitative estimate of drug-likeness (QED) is 0.0367. The molecule has 0 radical (unpaired) electrons. The Morgan fingerprint density at radius 3 is 0.944 bits per heavy atom. The molecule has 8 heterocycles. The van der Waals surface area contributed by atoms with Gasteiger partial charge in [-0.05, 0) is 220 Å². The van der Waals surface area contributed by atoms with Crippen LogP contribution in [0.4, 0.5) is 0 Å². The zero-order chi connectivity index (χ0) is 95.1. The summed E-state index contributed by atoms with van der Waals surface area (Å²) in [6.07, 6.45) is 21.0. The summed E-state index contributed by atoms with van der Waals surface area (Å²) in [5.74, 6) is 0. The summed E-state index contributed by atoms with van der Waals surface area (Å²) in [5, 5.41) is 19.7. The molecule has 144 heavy (non-hydrogen) atoms. The molecule has 0 amide bonds. The van der Waals surface area contributed by atoms with Crippen LogP contribution in [0.2, 0.25) is 0 Å². The molecule has 0 spiro atoms. The second-order valence-electron chi connectivity index (χ2n) is 37.5. The molecule has 19 aromatic rings. The molecular formula is C123H129N11O3Pt5S2+10. The minimum atomic E-state index is 0. The first-order chi connectivity index (χ1) is 68.4. The molecule has 2 aliphatic heterocycles. The molecule has 14 nitrogen and oxygen atoms in total. The van der Waals surface area contributed by atoms with Crippen LogP contribution in [0.1, 0.15) is 101 Å². The molecule has 0 atom stereocenters. The number of hydrogen-bond donors (Lipinski definition) is 0. The number of para-hydroxylation sites is 5. The molecule has 0 aliphatic carbocycles. The molecule has 2 fully saturated rings. The van der Waals surface area contributed by atoms with Crippen LogP contribution in [-0.2, 0) is 171 Å². The molecule has 21 heteroatoms. The molecule has 2 saturated heterocycles. The smallest absolute Gasteiger partial charge is 0.591 e. The third kappa shape index (κ3) is 33.0. The summed E-state index contributed by atoms with van der Waals surface area (Å²) >= 11 is 3.45. The van der Waals surface area contributed by atoms with E-state index in [0.29, 0.717) is 0 Å². The Bertz CT molecular complexity index is 6470. The zero-order valence-electron chi connectivity index (χ0n) is 83.3. The third-order valence-corrected chi connectivity index (χ3v) is 28.4. The van der Waals surface area contributed by atoms with Gasteiger partial charge >= 0.3 is 105 Å². The van der Waals surface area contributed by atoms with Crippen LogP contribution in [0.15, 0.2) is 311 Å². The number of furan rings is 3. The number of rotatable bonds is 33. The molecule has 0 unspecified atom stereocenters. The summed E-state index contributed by atoms with van der Waals surface area (Å²) in [7, 11) is 13.1. The van der Waals surface area contributed by atoms with Crippen molar-refractivity contribution in [2.45, 2.75) is 110 Å². The van der Waals surface area contributed by atoms with Gasteiger partial charge in [-0.3, -0.25) is 22.7 Å². The zero-order valence-corrected chi connectivity index (χ0v) is 96.2. The van der Waals surface area contributed by atoms with Crippen molar-refractivity contribution in [3.8, 4) is 5.69 Å². The minimum absolute atomic E-state index is 0. The van der Waals surface area contributed by atoms with E-state index in [1.54, 1.807) is 22.7 Å². The number of hydrogen-bond acceptors (Lipinski definition) is 15. The van der Waals surface area contributed by atoms with Crippen molar-refractivity contribution in [1.82, 2.24) is 53.6 Å². The van der Waals surface area contributed by atoms with Gasteiger partial charge in [0, 0.05) is 65.4 Å². The summed E-state index contributed by atoms with van der Waals surface area (Å²) in [4.78, 5) is 24.5. The second kappa shape index (κ2) is 59.6. The fraction of sp³-hybridized carbons (Fsp3) is 0.301. The summed E-state index contributed by atoms with van der Waals surface area (Å²) in [6.45, 7) is 25.0. The average Bonchev–Trinajstić information content (AvgIpc) is 1.63. The van der Waals surface area contributed by atoms with Crippen molar-refractivity contribution in [2.75, 3.05) is 134 Å². The monoisotopic (exact) mass is 2850 g/mol. The van der Waals surface area contributed by atoms with Gasteiger partial charge in [-0.25, -0.2) is 0 Å². The van der Waals surface area contributed by atoms with Gasteiger partial charge in [0.1, 0.15) is 0 Å². The van der Waals surface area contributed by atoms with Crippen LogP contribution in [0.3, 0.4) is 0 Å². The fourth-order valence-electron chi connectivity index (χ4n) is 19.3. The molecule has 0 saturated carbocycles. The van der Waals surface area contributed by atoms with Gasteiger partial charge in [-0.15, -0.1) is 180 Å². The molecule has 0 N–H and O–H groups in total. The first kappa shape index (κ1) is 114. The number of nitrogens with zero attached hydrogens (tertiary/aromatic N) is 11. The van der Waals surface area contributed by atoms with E-state index in [9.17, 15) is 0 Å². The van der Waals surface area contributed by atoms with E-state index < -0.39 is 0 Å². The first-order valence-corrected chi connectivity index (χ1v) is 51.2. The Hall–Kier alpha value is -8.50. The average molecular weight is 2850 g/mol. The number of benzene rings is 13. The Morgan fingerprint density at radius 1 is 0.264 bits per heavy atom. The maximum atomic E-state index is 5.56. The van der Waals surface area contributed by atoms with Gasteiger partial charge in [-0.2, -0.15) is 108 Å². The molecule has 21 rings (SSSR count). The van der Waals surface area contributed by atoms with Gasteiger partial charge in [0.15, 0.2) is 0 Å². The Morgan fingerprint density at radius 2 is 0.569 bits per heavy atom. The van der Waals surface area contributed by atoms with Crippen molar-refractivity contribution in [2.24, 2.45) is 0 Å². The van der Waals surface area contributed by atoms with Gasteiger partial charge in [0.2, 0.25) is 0 Å². The fourth-order valence-corrected chi connectivity index (χ4v) is 21.0. The van der Waals surface area contributed by atoms with Crippen LogP contribution in [0.25, 0.3) is 91.2 Å². The van der Waals surface area contributed by atoms with E-state index in [-0.39, 0.29) is 105 Å². The van der Waals surface area contributed by atoms with Gasteiger partial charge in [0.25, 0.3) is 0 Å². The van der Waals surface area contributed by atoms with Gasteiger partial charge in [0.05, 0.1) is 0 Å². The maximum Gasteiger partial charge on any atom is 4.00 e. The van der Waals surface area contributed by atoms with E-state index in [0.717, 1.165) is 205 Å². The van der Waals surface area contributed by atoms with Crippen LogP contribution < -0.4 is 0 Å². The standard InChI is InChI=1S/C29H29N3O.C28H28N2.C23H24N2O2.C23H24N2S2.C20H24N2.5Pt/c1-30(17-10-18-31(2)20-24-22-33-29-16-9-7-14-27(24)29)19-23-21-32(25-11-4-3-5-12-25)28-15-8-6-13-26(23)28;1-3-15-27-23(9-1)11-5-13-25(27)21-29-17-7-19-30(20-8-18-29)22-26-14-6-12-24-10-2-4-16-28(24)26;2*1-24(14-18-16-26-22-10-5-3-8-20(18)22)12-7-13-25(2)15-19-17-27-23-11-6-4-9-21(19)23;1-3-9-19(10-4-1)17-21-13-7-15-22(16-8-14-21)18-20-11-5-2-6-12-20;;;;;/h3-9,11-16H,10,17-20H2,1-2H3;1-6,9-12,15-16H,7-8,17-22H2;2*3-6,8-11H,7,12-15H2,1-2H3;1-6,9,11H,7-8,13-18H2;;;;;/q5*-2;5*+4. The largest absolute Gasteiger partial charge is 4.00 e. The van der Waals surface area contributed by atoms with Gasteiger partial charge < -0.3 is 66.8 Å². The Kier molecular flexibility index (Phi) is 47.3. The molecule has 13 aromatic carbocycles.